The highest BCUT2D eigenvalue weighted by Gasteiger charge is 2.08. The number of rotatable bonds is 11. The third kappa shape index (κ3) is 7.62. The molecule has 0 aliphatic carbocycles. The van der Waals surface area contributed by atoms with Crippen LogP contribution >= 0.6 is 0 Å². The Kier molecular flexibility index (Phi) is 9.78. The summed E-state index contributed by atoms with van der Waals surface area (Å²) in [5, 5.41) is 6.65. The molecule has 0 unspecified atom stereocenters. The van der Waals surface area contributed by atoms with Gasteiger partial charge >= 0.3 is 0 Å². The monoisotopic (exact) mass is 400 g/mol. The molecule has 0 aliphatic rings. The van der Waals surface area contributed by atoms with Crippen molar-refractivity contribution < 1.29 is 14.2 Å². The molecule has 0 bridgehead atoms. The van der Waals surface area contributed by atoms with Crippen LogP contribution in [-0.2, 0) is 17.8 Å². The number of aliphatic imine (C=N–C) groups is 1. The van der Waals surface area contributed by atoms with Crippen LogP contribution in [0, 0.1) is 6.92 Å². The van der Waals surface area contributed by atoms with Crippen LogP contribution < -0.4 is 20.1 Å². The lowest BCUT2D eigenvalue weighted by Crippen LogP contribution is -2.36. The van der Waals surface area contributed by atoms with Gasteiger partial charge in [0, 0.05) is 57.6 Å². The molecule has 2 N–H and O–H groups in total. The van der Waals surface area contributed by atoms with Crippen LogP contribution in [0.2, 0.25) is 0 Å². The Morgan fingerprint density at radius 1 is 1.07 bits per heavy atom. The molecule has 1 aromatic carbocycles. The van der Waals surface area contributed by atoms with Gasteiger partial charge in [-0.3, -0.25) is 4.99 Å². The predicted molar refractivity (Wildman–Crippen MR) is 116 cm³/mol. The third-order valence-corrected chi connectivity index (χ3v) is 4.22. The van der Waals surface area contributed by atoms with Gasteiger partial charge < -0.3 is 24.8 Å². The van der Waals surface area contributed by atoms with E-state index in [1.54, 1.807) is 20.4 Å². The number of nitrogens with one attached hydrogen (secondary N) is 2. The van der Waals surface area contributed by atoms with Crippen LogP contribution in [0.15, 0.2) is 41.5 Å². The molecular weight excluding hydrogens is 368 g/mol. The van der Waals surface area contributed by atoms with E-state index >= 15 is 0 Å². The topological polar surface area (TPSA) is 77.0 Å². The molecule has 158 valence electrons. The minimum atomic E-state index is 0.567. The predicted octanol–water partition coefficient (Wildman–Crippen LogP) is 3.07. The summed E-state index contributed by atoms with van der Waals surface area (Å²) < 4.78 is 16.6. The number of ether oxygens (including phenoxy) is 3. The molecule has 2 rings (SSSR count). The molecule has 1 heterocycles. The second kappa shape index (κ2) is 12.6. The summed E-state index contributed by atoms with van der Waals surface area (Å²) in [6.45, 7) is 7.07. The fourth-order valence-corrected chi connectivity index (χ4v) is 2.73. The van der Waals surface area contributed by atoms with Crippen LogP contribution in [0.3, 0.4) is 0 Å². The zero-order chi connectivity index (χ0) is 20.9. The second-order valence-electron chi connectivity index (χ2n) is 6.49. The quantitative estimate of drug-likeness (QED) is 0.343. The van der Waals surface area contributed by atoms with Crippen molar-refractivity contribution in [3.05, 3.63) is 53.2 Å². The van der Waals surface area contributed by atoms with Crippen molar-refractivity contribution in [1.29, 1.82) is 0 Å². The van der Waals surface area contributed by atoms with Crippen LogP contribution in [0.5, 0.6) is 11.6 Å². The van der Waals surface area contributed by atoms with Crippen LogP contribution in [-0.4, -0.2) is 44.9 Å². The number of nitrogens with zero attached hydrogens (tertiary/aromatic N) is 2. The second-order valence-corrected chi connectivity index (χ2v) is 6.49. The van der Waals surface area contributed by atoms with Gasteiger partial charge in [-0.25, -0.2) is 4.98 Å². The summed E-state index contributed by atoms with van der Waals surface area (Å²) in [6, 6.07) is 10.1. The highest BCUT2D eigenvalue weighted by molar-refractivity contribution is 5.79. The highest BCUT2D eigenvalue weighted by Crippen LogP contribution is 2.20. The first kappa shape index (κ1) is 22.5. The lowest BCUT2D eigenvalue weighted by molar-refractivity contribution is 0.171. The Balaban J connectivity index is 1.94. The van der Waals surface area contributed by atoms with Crippen molar-refractivity contribution in [3.8, 4) is 11.6 Å². The summed E-state index contributed by atoms with van der Waals surface area (Å²) >= 11 is 0. The molecule has 0 aliphatic heterocycles. The van der Waals surface area contributed by atoms with Crippen molar-refractivity contribution in [1.82, 2.24) is 15.6 Å². The molecule has 0 spiro atoms. The molecule has 0 radical (unpaired) electrons. The van der Waals surface area contributed by atoms with E-state index in [2.05, 4.69) is 45.7 Å². The van der Waals surface area contributed by atoms with Gasteiger partial charge in [0.1, 0.15) is 5.75 Å². The average Bonchev–Trinajstić information content (AvgIpc) is 2.73. The maximum atomic E-state index is 5.95. The van der Waals surface area contributed by atoms with Gasteiger partial charge in [0.2, 0.25) is 5.88 Å². The fraction of sp³-hybridized carbons (Fsp3) is 0.455. The van der Waals surface area contributed by atoms with Crippen molar-refractivity contribution in [3.63, 3.8) is 0 Å². The standard InChI is InChI=1S/C22H32N4O3/c1-5-28-21-19(8-6-11-24-21)16-26-22(23-3)25-15-18-10-9-17(2)14-20(18)29-13-7-12-27-4/h6,8-11,14H,5,7,12-13,15-16H2,1-4H3,(H2,23,25,26). The molecule has 29 heavy (non-hydrogen) atoms. The van der Waals surface area contributed by atoms with Crippen molar-refractivity contribution in [2.24, 2.45) is 4.99 Å². The molecule has 0 amide bonds. The number of hydrogen-bond donors (Lipinski definition) is 2. The van der Waals surface area contributed by atoms with E-state index in [1.165, 1.54) is 0 Å². The van der Waals surface area contributed by atoms with E-state index in [4.69, 9.17) is 14.2 Å². The average molecular weight is 401 g/mol. The highest BCUT2D eigenvalue weighted by atomic mass is 16.5. The van der Waals surface area contributed by atoms with E-state index in [1.807, 2.05) is 19.1 Å². The molecule has 7 heteroatoms. The SMILES string of the molecule is CCOc1ncccc1CNC(=NC)NCc1ccc(C)cc1OCCCOC. The van der Waals surface area contributed by atoms with Crippen molar-refractivity contribution in [2.45, 2.75) is 33.4 Å². The Morgan fingerprint density at radius 2 is 1.86 bits per heavy atom. The van der Waals surface area contributed by atoms with E-state index in [0.29, 0.717) is 44.7 Å². The van der Waals surface area contributed by atoms with Gasteiger partial charge in [0.05, 0.1) is 13.2 Å². The summed E-state index contributed by atoms with van der Waals surface area (Å²) in [5.74, 6) is 2.22. The minimum absolute atomic E-state index is 0.567. The number of benzene rings is 1. The molecule has 2 aromatic rings. The Hall–Kier alpha value is -2.80. The first-order valence-electron chi connectivity index (χ1n) is 9.90. The number of hydrogen-bond acceptors (Lipinski definition) is 5. The summed E-state index contributed by atoms with van der Waals surface area (Å²) in [4.78, 5) is 8.58. The van der Waals surface area contributed by atoms with Gasteiger partial charge in [-0.2, -0.15) is 0 Å². The first-order valence-corrected chi connectivity index (χ1v) is 9.90. The molecule has 7 nitrogen and oxygen atoms in total. The Labute approximate surface area is 173 Å². The number of pyridine rings is 1. The van der Waals surface area contributed by atoms with Gasteiger partial charge in [0.25, 0.3) is 0 Å². The minimum Gasteiger partial charge on any atom is -0.493 e. The first-order chi connectivity index (χ1) is 14.2. The van der Waals surface area contributed by atoms with Gasteiger partial charge in [-0.15, -0.1) is 0 Å². The van der Waals surface area contributed by atoms with E-state index in [0.717, 1.165) is 28.9 Å². The summed E-state index contributed by atoms with van der Waals surface area (Å²) in [5.41, 5.74) is 3.22. The molecule has 0 saturated carbocycles. The molecule has 0 fully saturated rings. The maximum absolute atomic E-state index is 5.95. The zero-order valence-electron chi connectivity index (χ0n) is 17.8. The van der Waals surface area contributed by atoms with Gasteiger partial charge in [-0.05, 0) is 31.5 Å². The van der Waals surface area contributed by atoms with Crippen molar-refractivity contribution in [2.75, 3.05) is 34.0 Å². The normalized spacial score (nSPS) is 11.2. The number of methoxy groups -OCH3 is 1. The fourth-order valence-electron chi connectivity index (χ4n) is 2.73. The molecular formula is C22H32N4O3. The zero-order valence-corrected chi connectivity index (χ0v) is 17.8. The lowest BCUT2D eigenvalue weighted by Gasteiger charge is -2.16. The summed E-state index contributed by atoms with van der Waals surface area (Å²) in [7, 11) is 3.45. The lowest BCUT2D eigenvalue weighted by atomic mass is 10.1. The van der Waals surface area contributed by atoms with E-state index in [9.17, 15) is 0 Å². The van der Waals surface area contributed by atoms with Gasteiger partial charge in [0.15, 0.2) is 5.96 Å². The molecule has 0 atom stereocenters. The summed E-state index contributed by atoms with van der Waals surface area (Å²) in [6.07, 6.45) is 2.58. The van der Waals surface area contributed by atoms with Crippen LogP contribution in [0.4, 0.5) is 0 Å². The van der Waals surface area contributed by atoms with Crippen LogP contribution in [0.25, 0.3) is 0 Å². The Morgan fingerprint density at radius 3 is 2.59 bits per heavy atom. The van der Waals surface area contributed by atoms with E-state index < -0.39 is 0 Å². The maximum Gasteiger partial charge on any atom is 0.218 e. The largest absolute Gasteiger partial charge is 0.493 e. The Bertz CT molecular complexity index is 780. The molecule has 0 saturated heterocycles. The molecule has 1 aromatic heterocycles. The smallest absolute Gasteiger partial charge is 0.218 e. The van der Waals surface area contributed by atoms with Gasteiger partial charge in [-0.1, -0.05) is 18.2 Å². The number of aromatic nitrogens is 1. The van der Waals surface area contributed by atoms with E-state index in [-0.39, 0.29) is 0 Å². The number of guanidine groups is 1. The van der Waals surface area contributed by atoms with Crippen molar-refractivity contribution >= 4 is 5.96 Å². The number of aryl methyl sites for hydroxylation is 1. The third-order valence-electron chi connectivity index (χ3n) is 4.22. The van der Waals surface area contributed by atoms with Crippen LogP contribution in [0.1, 0.15) is 30.0 Å².